The van der Waals surface area contributed by atoms with Crippen molar-refractivity contribution in [2.45, 2.75) is 122 Å². The van der Waals surface area contributed by atoms with Gasteiger partial charge in [0.05, 0.1) is 13.1 Å². The van der Waals surface area contributed by atoms with Gasteiger partial charge in [-0.1, -0.05) is 24.3 Å². The van der Waals surface area contributed by atoms with E-state index in [1.165, 1.54) is 82.4 Å². The number of nitrogens with zero attached hydrogens (tertiary/aromatic N) is 2. The highest BCUT2D eigenvalue weighted by Gasteiger charge is 2.31. The molecular weight excluding hydrogens is 1060 g/mol. The molecule has 8 atom stereocenters. The summed E-state index contributed by atoms with van der Waals surface area (Å²) in [6.07, 6.45) is 3.81. The molecule has 2 aromatic carbocycles. The van der Waals surface area contributed by atoms with E-state index in [9.17, 15) is 58.2 Å². The number of nitrogens with one attached hydrogen (secondary N) is 12. The quantitative estimate of drug-likeness (QED) is 0.110. The van der Waals surface area contributed by atoms with Gasteiger partial charge in [-0.05, 0) is 82.3 Å². The minimum absolute atomic E-state index is 0.0427. The highest BCUT2D eigenvalue weighted by Crippen LogP contribution is 2.28. The number of carbonyl (C=O) groups excluding carboxylic acids is 10. The maximum absolute atomic E-state index is 14.2. The Morgan fingerprint density at radius 2 is 1.00 bits per heavy atom. The van der Waals surface area contributed by atoms with Crippen molar-refractivity contribution in [2.24, 2.45) is 0 Å². The first-order chi connectivity index (χ1) is 37.5. The Balaban J connectivity index is 1.22. The first-order valence-corrected chi connectivity index (χ1v) is 27.1. The number of thiazole rings is 2. The Bertz CT molecular complexity index is 2930. The highest BCUT2D eigenvalue weighted by atomic mass is 32.1. The van der Waals surface area contributed by atoms with Gasteiger partial charge in [0, 0.05) is 60.9 Å². The van der Waals surface area contributed by atoms with E-state index in [0.717, 1.165) is 4.88 Å². The summed E-state index contributed by atoms with van der Waals surface area (Å²) < 4.78 is 0. The van der Waals surface area contributed by atoms with Crippen molar-refractivity contribution in [1.82, 2.24) is 63.1 Å². The van der Waals surface area contributed by atoms with Crippen LogP contribution in [0.1, 0.15) is 80.0 Å². The summed E-state index contributed by atoms with van der Waals surface area (Å²) >= 11 is 2.56. The lowest BCUT2D eigenvalue weighted by Gasteiger charge is -2.24. The molecule has 424 valence electrons. The van der Waals surface area contributed by atoms with Crippen LogP contribution in [0.4, 0.5) is 10.3 Å². The standard InChI is InChI=1S/C51H66N14O12S2/c1-24-42(70)52-12-7-13-53-50-55-20-34(78-50)18-33-15-31(9-11-39(33)67)17-37(49(77)63-28(5)46(74)61-26(3)44(72)59-24)64-41(69)22-54-48(76)36-16-30-8-10-38(66)32(14-30)19-35-21-56-51(79-35)57-23-40(68)58-25(2)43(71)60-27(4)45(73)62-29(6)47(75)65-36/h8-11,14-15,20-21,24-29,36-37,66-67H,7,12-13,16-19,22-23H2,1-6H3,(H,52,70)(H,53,55)(H,54,76)(H,56,57)(H,58,68)(H,59,72)(H,60,71)(H,61,74)(H,62,73)(H,63,77)(H,64,69)(H,65,75)/t24-,25-,26-,27-,28-,29-,36-,37-/m0/s1. The Kier molecular flexibility index (Phi) is 21.0. The second kappa shape index (κ2) is 27.8. The van der Waals surface area contributed by atoms with Crippen LogP contribution < -0.4 is 63.8 Å². The largest absolute Gasteiger partial charge is 0.508 e. The molecular formula is C51H66N14O12S2. The van der Waals surface area contributed by atoms with E-state index in [4.69, 9.17) is 0 Å². The van der Waals surface area contributed by atoms with E-state index in [1.807, 2.05) is 0 Å². The van der Waals surface area contributed by atoms with Crippen molar-refractivity contribution in [3.63, 3.8) is 0 Å². The van der Waals surface area contributed by atoms with E-state index < -0.39 is 114 Å². The lowest BCUT2D eigenvalue weighted by Crippen LogP contribution is -2.58. The molecule has 4 aromatic rings. The monoisotopic (exact) mass is 1130 g/mol. The van der Waals surface area contributed by atoms with Gasteiger partial charge in [0.25, 0.3) is 0 Å². The molecule has 0 fully saturated rings. The van der Waals surface area contributed by atoms with Crippen LogP contribution in [0.5, 0.6) is 11.5 Å². The van der Waals surface area contributed by atoms with Gasteiger partial charge in [-0.2, -0.15) is 0 Å². The molecule has 28 heteroatoms. The molecule has 2 aliphatic rings. The van der Waals surface area contributed by atoms with Gasteiger partial charge in [-0.25, -0.2) is 9.97 Å². The minimum atomic E-state index is -1.41. The zero-order chi connectivity index (χ0) is 57.5. The highest BCUT2D eigenvalue weighted by molar-refractivity contribution is 7.15. The lowest BCUT2D eigenvalue weighted by molar-refractivity contribution is -0.134. The van der Waals surface area contributed by atoms with Crippen LogP contribution in [0.2, 0.25) is 0 Å². The van der Waals surface area contributed by atoms with Gasteiger partial charge in [0.1, 0.15) is 59.8 Å². The fourth-order valence-corrected chi connectivity index (χ4v) is 9.70. The van der Waals surface area contributed by atoms with Crippen LogP contribution >= 0.6 is 22.7 Å². The summed E-state index contributed by atoms with van der Waals surface area (Å²) in [5, 5.41) is 54.6. The Morgan fingerprint density at radius 3 is 1.53 bits per heavy atom. The summed E-state index contributed by atoms with van der Waals surface area (Å²) in [6.45, 7) is 8.22. The minimum Gasteiger partial charge on any atom is -0.508 e. The molecule has 8 bridgehead atoms. The van der Waals surface area contributed by atoms with Gasteiger partial charge in [-0.15, -0.1) is 22.7 Å². The molecule has 0 saturated carbocycles. The number of aromatic hydroxyl groups is 2. The maximum atomic E-state index is 14.2. The second-order valence-corrected chi connectivity index (χ2v) is 21.4. The van der Waals surface area contributed by atoms with Crippen LogP contribution in [0.25, 0.3) is 0 Å². The number of carbonyl (C=O) groups is 10. The van der Waals surface area contributed by atoms with Crippen LogP contribution in [0.3, 0.4) is 0 Å². The molecule has 0 spiro atoms. The first-order valence-electron chi connectivity index (χ1n) is 25.5. The van der Waals surface area contributed by atoms with Gasteiger partial charge in [-0.3, -0.25) is 47.9 Å². The Labute approximate surface area is 462 Å². The number of fused-ring (bicyclic) bond motifs is 8. The number of phenols is 2. The molecule has 0 saturated heterocycles. The number of aromatic nitrogens is 2. The molecule has 2 aromatic heterocycles. The van der Waals surface area contributed by atoms with Gasteiger partial charge >= 0.3 is 0 Å². The first kappa shape index (κ1) is 59.8. The van der Waals surface area contributed by atoms with Crippen molar-refractivity contribution < 1.29 is 58.2 Å². The van der Waals surface area contributed by atoms with E-state index >= 15 is 0 Å². The number of amides is 10. The summed E-state index contributed by atoms with van der Waals surface area (Å²) in [4.78, 5) is 144. The van der Waals surface area contributed by atoms with E-state index in [0.29, 0.717) is 56.9 Å². The number of phenolic OH excluding ortho intramolecular Hbond substituents is 2. The molecule has 10 amide bonds. The average molecular weight is 1130 g/mol. The fourth-order valence-electron chi connectivity index (χ4n) is 8.01. The van der Waals surface area contributed by atoms with Crippen molar-refractivity contribution >= 4 is 92.0 Å². The SMILES string of the molecule is C[C@@H]1NC(=O)CNc2ncc(s2)Cc2cc(ccc2O)C[C@@H](C(=O)NCC(=O)N[C@H]2Cc3ccc(O)c(c3)Cc3cnc(s3)NCCCNC(=O)[C@H](C)NC(=O)[C@H](C)NC(=O)[C@H](C)NC2=O)NC(=O)[C@H](C)NC(=O)[C@H](C)NC1=O. The zero-order valence-electron chi connectivity index (χ0n) is 44.3. The Morgan fingerprint density at radius 1 is 0.557 bits per heavy atom. The summed E-state index contributed by atoms with van der Waals surface area (Å²) in [5.41, 5.74) is 1.87. The molecule has 26 nitrogen and oxygen atoms in total. The Hall–Kier alpha value is -8.40. The molecule has 79 heavy (non-hydrogen) atoms. The van der Waals surface area contributed by atoms with E-state index in [1.54, 1.807) is 30.6 Å². The lowest BCUT2D eigenvalue weighted by atomic mass is 10.00. The maximum Gasteiger partial charge on any atom is 0.243 e. The topological polar surface area (TPSA) is 381 Å². The fraction of sp³-hybridized carbons (Fsp3) is 0.451. The number of hydrogen-bond donors (Lipinski definition) is 14. The van der Waals surface area contributed by atoms with Crippen molar-refractivity contribution in [2.75, 3.05) is 36.8 Å². The summed E-state index contributed by atoms with van der Waals surface area (Å²) in [5.74, 6) is -7.35. The molecule has 2 aliphatic heterocycles. The normalized spacial score (nSPS) is 23.9. The molecule has 4 heterocycles. The molecule has 6 rings (SSSR count). The smallest absolute Gasteiger partial charge is 0.243 e. The molecule has 0 radical (unpaired) electrons. The summed E-state index contributed by atoms with van der Waals surface area (Å²) in [6, 6.07) is -0.407. The van der Waals surface area contributed by atoms with E-state index in [-0.39, 0.29) is 43.7 Å². The van der Waals surface area contributed by atoms with Crippen molar-refractivity contribution in [3.05, 3.63) is 80.8 Å². The second-order valence-electron chi connectivity index (χ2n) is 19.2. The number of anilines is 2. The third kappa shape index (κ3) is 17.8. The molecule has 0 aliphatic carbocycles. The van der Waals surface area contributed by atoms with Crippen LogP contribution in [-0.2, 0) is 73.6 Å². The number of benzene rings is 2. The van der Waals surface area contributed by atoms with Crippen molar-refractivity contribution in [1.29, 1.82) is 0 Å². The van der Waals surface area contributed by atoms with Crippen LogP contribution in [0.15, 0.2) is 48.8 Å². The average Bonchev–Trinajstić information content (AvgIpc) is 4.06. The summed E-state index contributed by atoms with van der Waals surface area (Å²) in [7, 11) is 0. The van der Waals surface area contributed by atoms with Gasteiger partial charge in [0.2, 0.25) is 59.1 Å². The van der Waals surface area contributed by atoms with Gasteiger partial charge in [0.15, 0.2) is 10.3 Å². The third-order valence-electron chi connectivity index (χ3n) is 12.6. The van der Waals surface area contributed by atoms with Crippen LogP contribution in [0, 0.1) is 0 Å². The van der Waals surface area contributed by atoms with Crippen molar-refractivity contribution in [3.8, 4) is 11.5 Å². The number of rotatable bonds is 4. The predicted molar refractivity (Wildman–Crippen MR) is 291 cm³/mol. The zero-order valence-corrected chi connectivity index (χ0v) is 45.9. The third-order valence-corrected chi connectivity index (χ3v) is 14.5. The predicted octanol–water partition coefficient (Wildman–Crippen LogP) is -1.55. The molecule has 14 N–H and O–H groups in total. The molecule has 0 unspecified atom stereocenters. The van der Waals surface area contributed by atoms with E-state index in [2.05, 4.69) is 73.8 Å². The van der Waals surface area contributed by atoms with Crippen LogP contribution in [-0.4, -0.2) is 154 Å². The van der Waals surface area contributed by atoms with Gasteiger partial charge < -0.3 is 74.0 Å². The number of hydrogen-bond acceptors (Lipinski definition) is 18.